The molecule has 6 unspecified atom stereocenters. The molecule has 0 fully saturated rings. The molecule has 0 aliphatic rings. The number of benzene rings is 2. The molecule has 0 heterocycles. The summed E-state index contributed by atoms with van der Waals surface area (Å²) in [4.78, 5) is 55.7. The summed E-state index contributed by atoms with van der Waals surface area (Å²) in [6, 6.07) is 17.2. The van der Waals surface area contributed by atoms with Gasteiger partial charge in [-0.2, -0.15) is 0 Å². The van der Waals surface area contributed by atoms with E-state index in [9.17, 15) is 56.8 Å². The smallest absolute Gasteiger partial charge is 0.128 e. The molecule has 15 nitrogen and oxygen atoms in total. The van der Waals surface area contributed by atoms with Crippen LogP contribution in [0.5, 0.6) is 0 Å². The fourth-order valence-electron chi connectivity index (χ4n) is 1.31. The van der Waals surface area contributed by atoms with E-state index in [0.29, 0.717) is 0 Å². The van der Waals surface area contributed by atoms with Crippen molar-refractivity contribution < 1.29 is 69.7 Å². The Morgan fingerprint density at radius 1 is 0.525 bits per heavy atom. The largest absolute Gasteiger partial charge is 0.781 e. The predicted octanol–water partition coefficient (Wildman–Crippen LogP) is -1.49. The molecule has 2 aromatic carbocycles. The maximum Gasteiger partial charge on any atom is 0.128 e. The van der Waals surface area contributed by atoms with Crippen LogP contribution in [0.2, 0.25) is 0 Å². The Balaban J connectivity index is -0.000000198. The normalized spacial score (nSPS) is 13.9. The van der Waals surface area contributed by atoms with Crippen molar-refractivity contribution in [3.05, 3.63) is 59.7 Å². The van der Waals surface area contributed by atoms with Gasteiger partial charge in [0.2, 0.25) is 0 Å². The van der Waals surface area contributed by atoms with Crippen molar-refractivity contribution in [2.45, 2.75) is 13.8 Å². The van der Waals surface area contributed by atoms with Crippen molar-refractivity contribution in [2.24, 2.45) is 0 Å². The van der Waals surface area contributed by atoms with E-state index in [1.165, 1.54) is 63.3 Å². The van der Waals surface area contributed by atoms with Gasteiger partial charge in [0, 0.05) is 0 Å². The molecule has 0 aliphatic heterocycles. The molecule has 224 valence electrons. The van der Waals surface area contributed by atoms with Crippen LogP contribution < -0.4 is 36.5 Å². The quantitative estimate of drug-likeness (QED) is 0.181. The Morgan fingerprint density at radius 3 is 0.750 bits per heavy atom. The maximum absolute atomic E-state index is 9.29. The van der Waals surface area contributed by atoms with E-state index >= 15 is 0 Å². The number of hydrogen-bond donors (Lipinski definition) is 0. The van der Waals surface area contributed by atoms with E-state index in [-0.39, 0.29) is 5.34 Å². The van der Waals surface area contributed by atoms with Crippen LogP contribution in [0.3, 0.4) is 0 Å². The molecule has 2 rings (SSSR count). The van der Waals surface area contributed by atoms with Crippen LogP contribution in [-0.2, 0) is 40.3 Å². The number of hydrogen-bond acceptors (Lipinski definition) is 15. The zero-order valence-electron chi connectivity index (χ0n) is 20.2. The second-order valence-electron chi connectivity index (χ2n) is 5.64. The maximum atomic E-state index is 9.29. The van der Waals surface area contributed by atoms with E-state index in [4.69, 9.17) is 23.2 Å². The average Bonchev–Trinajstić information content (AvgIpc) is 2.77. The Bertz CT molecular complexity index is 868. The van der Waals surface area contributed by atoms with E-state index in [0.717, 1.165) is 0 Å². The average molecular weight is 936 g/mol. The molecular formula is C15H22Cl2O15P6Sn2. The topological polar surface area (TPSA) is 268 Å². The first-order chi connectivity index (χ1) is 18.4. The van der Waals surface area contributed by atoms with Crippen molar-refractivity contribution in [3.63, 3.8) is 0 Å². The van der Waals surface area contributed by atoms with Gasteiger partial charge < -0.3 is 56.8 Å². The van der Waals surface area contributed by atoms with Crippen LogP contribution in [0, 0.1) is 13.8 Å². The molecule has 0 bridgehead atoms. The molecule has 0 N–H and O–H groups in total. The van der Waals surface area contributed by atoms with Crippen molar-refractivity contribution in [1.82, 2.24) is 0 Å². The van der Waals surface area contributed by atoms with Gasteiger partial charge in [-0.1, -0.05) is 0 Å². The first kappa shape index (κ1) is 48.5. The molecule has 0 spiro atoms. The fourth-order valence-corrected chi connectivity index (χ4v) is 3.90. The van der Waals surface area contributed by atoms with Gasteiger partial charge in [-0.05, 0) is 0 Å². The van der Waals surface area contributed by atoms with Crippen LogP contribution in [-0.4, -0.2) is 50.4 Å². The third-order valence-electron chi connectivity index (χ3n) is 2.60. The third-order valence-corrected chi connectivity index (χ3v) is 8.51. The molecule has 40 heavy (non-hydrogen) atoms. The zero-order valence-corrected chi connectivity index (χ0v) is 33.4. The third kappa shape index (κ3) is 52.3. The first-order valence-electron chi connectivity index (χ1n) is 9.35. The molecule has 2 aromatic rings. The van der Waals surface area contributed by atoms with Gasteiger partial charge in [-0.3, -0.25) is 12.9 Å². The Labute approximate surface area is 271 Å². The zero-order chi connectivity index (χ0) is 32.3. The summed E-state index contributed by atoms with van der Waals surface area (Å²) in [5, 5.41) is 0.194. The summed E-state index contributed by atoms with van der Waals surface area (Å²) in [7, 11) is -21.1. The molecule has 0 amide bonds. The minimum Gasteiger partial charge on any atom is -0.781 e. The summed E-state index contributed by atoms with van der Waals surface area (Å²) < 4.78 is 68.3. The van der Waals surface area contributed by atoms with E-state index < -0.39 is 49.5 Å². The number of rotatable bonds is 6. The van der Waals surface area contributed by atoms with E-state index in [1.54, 1.807) is 0 Å². The van der Waals surface area contributed by atoms with E-state index in [1.807, 2.05) is 0 Å². The fraction of sp³-hybridized carbons (Fsp3) is 0.200. The van der Waals surface area contributed by atoms with Crippen LogP contribution in [0.25, 0.3) is 0 Å². The Kier molecular flexibility index (Phi) is 40.7. The van der Waals surface area contributed by atoms with Gasteiger partial charge in [-0.25, -0.2) is 0 Å². The van der Waals surface area contributed by atoms with Crippen LogP contribution in [0.1, 0.15) is 11.1 Å². The van der Waals surface area contributed by atoms with Gasteiger partial charge >= 0.3 is 126 Å². The molecule has 0 aliphatic carbocycles. The van der Waals surface area contributed by atoms with Crippen molar-refractivity contribution in [3.8, 4) is 0 Å². The summed E-state index contributed by atoms with van der Waals surface area (Å²) in [5.41, 5.74) is 2.69. The molecule has 0 saturated carbocycles. The minimum atomic E-state index is -3.51. The van der Waals surface area contributed by atoms with Crippen LogP contribution in [0.15, 0.2) is 48.5 Å². The van der Waals surface area contributed by atoms with E-state index in [2.05, 4.69) is 75.3 Å². The molecule has 25 heteroatoms. The molecule has 0 radical (unpaired) electrons. The van der Waals surface area contributed by atoms with Gasteiger partial charge in [0.1, 0.15) is 49.5 Å². The summed E-state index contributed by atoms with van der Waals surface area (Å²) in [6.45, 7) is 4.21. The first-order valence-corrected chi connectivity index (χ1v) is 20.6. The number of aryl methyl sites for hydroxylation is 2. The minimum absolute atomic E-state index is 0.194. The molecular weight excluding hydrogens is 914 g/mol. The number of halogens is 2. The Hall–Kier alpha value is 1.64. The summed E-state index contributed by atoms with van der Waals surface area (Å²) >= 11 is 12.5. The van der Waals surface area contributed by atoms with Gasteiger partial charge in [0.15, 0.2) is 0 Å². The molecule has 0 saturated heterocycles. The van der Waals surface area contributed by atoms with Gasteiger partial charge in [-0.15, -0.1) is 23.2 Å². The Morgan fingerprint density at radius 2 is 0.675 bits per heavy atom. The summed E-state index contributed by atoms with van der Waals surface area (Å²) in [5.74, 6) is 0. The SMILES string of the molecule is Cc1cc[c]([Sn+3])cc1.Cc1cc[c]([Sn+3])cc1.ClCCl.O=[PH]([O-])O[PH](=O)[O-].O=[PH]([O-])O[PH](=O)[O-].O=[PH]([O-])O[PH](=O)[O-]. The van der Waals surface area contributed by atoms with Gasteiger partial charge in [0.25, 0.3) is 0 Å². The molecule has 0 aromatic heterocycles. The van der Waals surface area contributed by atoms with Crippen LogP contribution >= 0.6 is 72.7 Å². The van der Waals surface area contributed by atoms with Crippen molar-refractivity contribution in [2.75, 3.05) is 5.34 Å². The summed E-state index contributed by atoms with van der Waals surface area (Å²) in [6.07, 6.45) is 0. The standard InChI is InChI=1S/2C7H7.CH2Cl2.3H4O5P2.2Sn/c2*1-7-5-3-2-4-6-7;2-1-3;3*1-6(2)5-7(3)4;;/h2*3-6H,1H3;1H2;3*6-7H,(H,1,2)(H,3,4);;/q;;;;;;2*+3/p-6. The molecule has 6 atom stereocenters. The number of alkyl halides is 2. The van der Waals surface area contributed by atoms with Gasteiger partial charge in [0.05, 0.1) is 5.34 Å². The predicted molar refractivity (Wildman–Crippen MR) is 147 cm³/mol. The second-order valence-corrected chi connectivity index (χ2v) is 15.2. The van der Waals surface area contributed by atoms with Crippen molar-refractivity contribution >= 4 is 125 Å². The monoisotopic (exact) mass is 938 g/mol. The second kappa shape index (κ2) is 33.5. The van der Waals surface area contributed by atoms with Crippen LogP contribution in [0.4, 0.5) is 0 Å². The van der Waals surface area contributed by atoms with Crippen molar-refractivity contribution in [1.29, 1.82) is 0 Å².